The predicted octanol–water partition coefficient (Wildman–Crippen LogP) is 1.47. The van der Waals surface area contributed by atoms with E-state index in [4.69, 9.17) is 9.84 Å². The fourth-order valence-corrected chi connectivity index (χ4v) is 3.57. The summed E-state index contributed by atoms with van der Waals surface area (Å²) in [5.74, 6) is 0.250. The van der Waals surface area contributed by atoms with Crippen LogP contribution in [0.2, 0.25) is 0 Å². The number of hydrogen-bond acceptors (Lipinski definition) is 6. The summed E-state index contributed by atoms with van der Waals surface area (Å²) in [6.45, 7) is 0.101. The molecule has 1 aliphatic rings. The van der Waals surface area contributed by atoms with Gasteiger partial charge in [-0.25, -0.2) is 4.98 Å². The number of hydrogen-bond donors (Lipinski definition) is 3. The lowest BCUT2D eigenvalue weighted by Gasteiger charge is -2.20. The fraction of sp³-hybridized carbons (Fsp3) is 0.304. The van der Waals surface area contributed by atoms with Gasteiger partial charge in [-0.2, -0.15) is 0 Å². The molecule has 0 fully saturated rings. The number of aromatic amines is 1. The number of fused-ring (bicyclic) bond motifs is 1. The van der Waals surface area contributed by atoms with Crippen molar-refractivity contribution < 1.29 is 19.4 Å². The highest BCUT2D eigenvalue weighted by Crippen LogP contribution is 2.32. The highest BCUT2D eigenvalue weighted by Gasteiger charge is 2.31. The molecule has 9 nitrogen and oxygen atoms in total. The molecule has 1 atom stereocenters. The first kappa shape index (κ1) is 21.5. The van der Waals surface area contributed by atoms with Gasteiger partial charge in [-0.05, 0) is 36.1 Å². The molecule has 4 rings (SSSR count). The maximum absolute atomic E-state index is 13.0. The highest BCUT2D eigenvalue weighted by atomic mass is 16.5. The molecule has 2 aromatic carbocycles. The molecule has 0 saturated carbocycles. The summed E-state index contributed by atoms with van der Waals surface area (Å²) in [7, 11) is 1.65. The van der Waals surface area contributed by atoms with E-state index >= 15 is 0 Å². The second-order valence-corrected chi connectivity index (χ2v) is 7.63. The molecule has 0 radical (unpaired) electrons. The minimum atomic E-state index is -0.878. The number of aromatic nitrogens is 3. The first-order valence-corrected chi connectivity index (χ1v) is 10.5. The van der Waals surface area contributed by atoms with E-state index in [-0.39, 0.29) is 24.9 Å². The molecule has 1 aliphatic heterocycles. The van der Waals surface area contributed by atoms with Crippen LogP contribution in [0.3, 0.4) is 0 Å². The maximum Gasteiger partial charge on any atom is 0.291 e. The van der Waals surface area contributed by atoms with Crippen molar-refractivity contribution in [2.45, 2.75) is 25.3 Å². The van der Waals surface area contributed by atoms with E-state index in [1.165, 1.54) is 4.90 Å². The Bertz CT molecular complexity index is 1100. The summed E-state index contributed by atoms with van der Waals surface area (Å²) in [6.07, 6.45) is 1.85. The number of aliphatic hydroxyl groups excluding tert-OH is 1. The molecule has 1 aromatic heterocycles. The number of carbonyl (C=O) groups excluding carboxylic acids is 2. The molecule has 32 heavy (non-hydrogen) atoms. The van der Waals surface area contributed by atoms with Crippen LogP contribution in [-0.4, -0.2) is 58.4 Å². The van der Waals surface area contributed by atoms with Gasteiger partial charge in [0.1, 0.15) is 24.2 Å². The maximum atomic E-state index is 13.0. The van der Waals surface area contributed by atoms with Crippen molar-refractivity contribution in [1.82, 2.24) is 20.5 Å². The number of aliphatic hydroxyl groups is 1. The van der Waals surface area contributed by atoms with Crippen molar-refractivity contribution in [3.63, 3.8) is 0 Å². The average molecular weight is 435 g/mol. The van der Waals surface area contributed by atoms with Crippen LogP contribution in [0.25, 0.3) is 0 Å². The Hall–Kier alpha value is -3.72. The summed E-state index contributed by atoms with van der Waals surface area (Å²) in [5.41, 5.74) is 2.67. The van der Waals surface area contributed by atoms with E-state index < -0.39 is 11.9 Å². The number of aryl methyl sites for hydroxylation is 1. The van der Waals surface area contributed by atoms with E-state index in [0.29, 0.717) is 36.5 Å². The van der Waals surface area contributed by atoms with E-state index in [1.807, 2.05) is 42.5 Å². The molecule has 3 aromatic rings. The quantitative estimate of drug-likeness (QED) is 0.517. The van der Waals surface area contributed by atoms with Crippen molar-refractivity contribution in [2.75, 3.05) is 25.2 Å². The second-order valence-electron chi connectivity index (χ2n) is 7.63. The lowest BCUT2D eigenvalue weighted by atomic mass is 10.1. The number of anilines is 1. The standard InChI is InChI=1S/C23H25N5O4/c1-28-18-12-16(8-5-11-29)9-10-19(18)32-14-17(23(28)31)24-22(30)21-25-20(26-27-21)13-15-6-3-2-4-7-15/h2-4,6-7,9-10,12,17,29H,5,8,11,13-14H2,1H3,(H,24,30)(H,25,26,27). The average Bonchev–Trinajstić information content (AvgIpc) is 3.24. The molecule has 3 N–H and O–H groups in total. The number of benzene rings is 2. The zero-order valence-electron chi connectivity index (χ0n) is 17.7. The lowest BCUT2D eigenvalue weighted by molar-refractivity contribution is -0.120. The zero-order valence-corrected chi connectivity index (χ0v) is 17.7. The second kappa shape index (κ2) is 9.61. The number of nitrogens with zero attached hydrogens (tertiary/aromatic N) is 3. The normalized spacial score (nSPS) is 15.6. The monoisotopic (exact) mass is 435 g/mol. The predicted molar refractivity (Wildman–Crippen MR) is 118 cm³/mol. The van der Waals surface area contributed by atoms with E-state index in [0.717, 1.165) is 11.1 Å². The van der Waals surface area contributed by atoms with Gasteiger partial charge in [-0.3, -0.25) is 14.7 Å². The van der Waals surface area contributed by atoms with Crippen LogP contribution in [0.4, 0.5) is 5.69 Å². The van der Waals surface area contributed by atoms with Gasteiger partial charge in [0.15, 0.2) is 0 Å². The van der Waals surface area contributed by atoms with Gasteiger partial charge in [0, 0.05) is 20.1 Å². The van der Waals surface area contributed by atoms with Crippen LogP contribution in [0.1, 0.15) is 34.0 Å². The smallest absolute Gasteiger partial charge is 0.291 e. The number of ether oxygens (including phenoxy) is 1. The molecule has 166 valence electrons. The molecule has 2 amide bonds. The van der Waals surface area contributed by atoms with Crippen molar-refractivity contribution in [3.8, 4) is 5.75 Å². The van der Waals surface area contributed by atoms with Gasteiger partial charge in [0.25, 0.3) is 11.8 Å². The Labute approximate surface area is 185 Å². The zero-order chi connectivity index (χ0) is 22.5. The molecular formula is C23H25N5O4. The van der Waals surface area contributed by atoms with Crippen molar-refractivity contribution >= 4 is 17.5 Å². The number of nitrogens with one attached hydrogen (secondary N) is 2. The van der Waals surface area contributed by atoms with Crippen molar-refractivity contribution in [1.29, 1.82) is 0 Å². The number of H-pyrrole nitrogens is 1. The van der Waals surface area contributed by atoms with Gasteiger partial charge in [-0.1, -0.05) is 36.4 Å². The Kier molecular flexibility index (Phi) is 6.46. The first-order chi connectivity index (χ1) is 15.5. The summed E-state index contributed by atoms with van der Waals surface area (Å²) in [5, 5.41) is 18.5. The third-order valence-electron chi connectivity index (χ3n) is 5.30. The van der Waals surface area contributed by atoms with Crippen LogP contribution in [-0.2, 0) is 17.6 Å². The summed E-state index contributed by atoms with van der Waals surface area (Å²) >= 11 is 0. The van der Waals surface area contributed by atoms with Crippen LogP contribution in [0.15, 0.2) is 48.5 Å². The van der Waals surface area contributed by atoms with Crippen LogP contribution < -0.4 is 15.0 Å². The number of likely N-dealkylation sites (N-methyl/N-ethyl adjacent to an activating group) is 1. The molecule has 2 heterocycles. The Morgan fingerprint density at radius 1 is 1.25 bits per heavy atom. The minimum Gasteiger partial charge on any atom is -0.489 e. The van der Waals surface area contributed by atoms with Crippen LogP contribution in [0, 0.1) is 0 Å². The van der Waals surface area contributed by atoms with Gasteiger partial charge in [0.05, 0.1) is 5.69 Å². The highest BCUT2D eigenvalue weighted by molar-refractivity contribution is 6.02. The lowest BCUT2D eigenvalue weighted by Crippen LogP contribution is -2.49. The number of amides is 2. The van der Waals surface area contributed by atoms with Crippen molar-refractivity contribution in [2.24, 2.45) is 0 Å². The van der Waals surface area contributed by atoms with E-state index in [9.17, 15) is 9.59 Å². The van der Waals surface area contributed by atoms with E-state index in [2.05, 4.69) is 20.5 Å². The number of carbonyl (C=O) groups is 2. The molecule has 0 bridgehead atoms. The van der Waals surface area contributed by atoms with Crippen LogP contribution in [0.5, 0.6) is 5.75 Å². The first-order valence-electron chi connectivity index (χ1n) is 10.5. The molecular weight excluding hydrogens is 410 g/mol. The Morgan fingerprint density at radius 3 is 2.84 bits per heavy atom. The SMILES string of the molecule is CN1C(=O)C(NC(=O)c2n[nH]c(Cc3ccccc3)n2)COc2ccc(CCCO)cc21. The van der Waals surface area contributed by atoms with Gasteiger partial charge in [-0.15, -0.1) is 5.10 Å². The Balaban J connectivity index is 1.43. The third-order valence-corrected chi connectivity index (χ3v) is 5.30. The molecule has 0 spiro atoms. The van der Waals surface area contributed by atoms with Crippen molar-refractivity contribution in [3.05, 3.63) is 71.3 Å². The summed E-state index contributed by atoms with van der Waals surface area (Å²) < 4.78 is 5.81. The van der Waals surface area contributed by atoms with Gasteiger partial charge >= 0.3 is 0 Å². The molecule has 0 saturated heterocycles. The topological polar surface area (TPSA) is 120 Å². The third kappa shape index (κ3) is 4.78. The molecule has 0 aliphatic carbocycles. The van der Waals surface area contributed by atoms with Crippen LogP contribution >= 0.6 is 0 Å². The molecule has 9 heteroatoms. The Morgan fingerprint density at radius 2 is 2.06 bits per heavy atom. The fourth-order valence-electron chi connectivity index (χ4n) is 3.57. The largest absolute Gasteiger partial charge is 0.489 e. The minimum absolute atomic E-state index is 0.000798. The number of rotatable bonds is 7. The summed E-state index contributed by atoms with van der Waals surface area (Å²) in [6, 6.07) is 14.4. The summed E-state index contributed by atoms with van der Waals surface area (Å²) in [4.78, 5) is 31.4. The molecule has 1 unspecified atom stereocenters. The van der Waals surface area contributed by atoms with Gasteiger partial charge < -0.3 is 20.1 Å². The van der Waals surface area contributed by atoms with Gasteiger partial charge in [0.2, 0.25) is 5.82 Å². The van der Waals surface area contributed by atoms with E-state index in [1.54, 1.807) is 13.1 Å².